The summed E-state index contributed by atoms with van der Waals surface area (Å²) in [7, 11) is 0. The van der Waals surface area contributed by atoms with E-state index in [0.717, 1.165) is 28.3 Å². The van der Waals surface area contributed by atoms with Crippen LogP contribution in [0.5, 0.6) is 0 Å². The minimum absolute atomic E-state index is 0.0443. The van der Waals surface area contributed by atoms with Crippen LogP contribution in [0.25, 0.3) is 10.8 Å². The standard InChI is InChI=1S/C35H35N3O3/c1-2-9-34(40)37-31-14-7-12-28(22-31)33(39)23-30(21-25-16-17-26-10-3-4-11-27(26)20-25)35(41)38-19-6-5-15-32(38)29-13-8-18-36-24-29/h3-8,10-14,16-18,20,22,24,30,32H,2,9,15,19,21,23H2,1H3,(H,37,40)/t30-,32?/m1/s1. The Bertz CT molecular complexity index is 1560. The van der Waals surface area contributed by atoms with Crippen molar-refractivity contribution in [1.82, 2.24) is 9.88 Å². The van der Waals surface area contributed by atoms with Crippen LogP contribution in [0.4, 0.5) is 5.69 Å². The highest BCUT2D eigenvalue weighted by molar-refractivity contribution is 6.00. The van der Waals surface area contributed by atoms with Gasteiger partial charge in [0.05, 0.1) is 6.04 Å². The minimum atomic E-state index is -0.548. The van der Waals surface area contributed by atoms with Gasteiger partial charge in [0.15, 0.2) is 5.78 Å². The number of anilines is 1. The van der Waals surface area contributed by atoms with Gasteiger partial charge >= 0.3 is 0 Å². The molecule has 4 aromatic rings. The third-order valence-electron chi connectivity index (χ3n) is 7.58. The molecular formula is C35H35N3O3. The molecule has 2 amide bonds. The number of benzene rings is 3. The molecule has 41 heavy (non-hydrogen) atoms. The summed E-state index contributed by atoms with van der Waals surface area (Å²) >= 11 is 0. The molecule has 1 aliphatic heterocycles. The number of amides is 2. The van der Waals surface area contributed by atoms with Crippen molar-refractivity contribution >= 4 is 34.1 Å². The van der Waals surface area contributed by atoms with Crippen LogP contribution in [0.1, 0.15) is 60.1 Å². The molecule has 1 unspecified atom stereocenters. The zero-order valence-corrected chi connectivity index (χ0v) is 23.3. The molecule has 0 aliphatic carbocycles. The maximum atomic E-state index is 14.3. The van der Waals surface area contributed by atoms with Crippen LogP contribution in [-0.2, 0) is 16.0 Å². The highest BCUT2D eigenvalue weighted by Gasteiger charge is 2.33. The summed E-state index contributed by atoms with van der Waals surface area (Å²) in [5.41, 5.74) is 3.07. The summed E-state index contributed by atoms with van der Waals surface area (Å²) < 4.78 is 0. The van der Waals surface area contributed by atoms with E-state index in [1.807, 2.05) is 54.4 Å². The van der Waals surface area contributed by atoms with E-state index in [-0.39, 0.29) is 30.1 Å². The first-order valence-electron chi connectivity index (χ1n) is 14.3. The van der Waals surface area contributed by atoms with E-state index in [0.29, 0.717) is 37.1 Å². The van der Waals surface area contributed by atoms with E-state index in [4.69, 9.17) is 0 Å². The van der Waals surface area contributed by atoms with Crippen LogP contribution in [0.2, 0.25) is 0 Å². The van der Waals surface area contributed by atoms with Crippen LogP contribution < -0.4 is 5.32 Å². The van der Waals surface area contributed by atoms with E-state index in [1.54, 1.807) is 30.5 Å². The second-order valence-electron chi connectivity index (χ2n) is 10.6. The molecule has 0 fully saturated rings. The van der Waals surface area contributed by atoms with Crippen LogP contribution in [0.3, 0.4) is 0 Å². The van der Waals surface area contributed by atoms with Crippen LogP contribution >= 0.6 is 0 Å². The molecule has 3 aromatic carbocycles. The monoisotopic (exact) mass is 545 g/mol. The normalized spacial score (nSPS) is 15.4. The molecule has 1 aliphatic rings. The number of nitrogens with zero attached hydrogens (tertiary/aromatic N) is 2. The van der Waals surface area contributed by atoms with Crippen molar-refractivity contribution in [3.63, 3.8) is 0 Å². The Balaban J connectivity index is 1.43. The molecule has 6 nitrogen and oxygen atoms in total. The predicted octanol–water partition coefficient (Wildman–Crippen LogP) is 6.93. The molecule has 0 saturated heterocycles. The summed E-state index contributed by atoms with van der Waals surface area (Å²) in [4.78, 5) is 46.2. The second kappa shape index (κ2) is 13.2. The second-order valence-corrected chi connectivity index (χ2v) is 10.6. The number of pyridine rings is 1. The van der Waals surface area contributed by atoms with Crippen molar-refractivity contribution in [1.29, 1.82) is 0 Å². The highest BCUT2D eigenvalue weighted by atomic mass is 16.2. The van der Waals surface area contributed by atoms with E-state index < -0.39 is 5.92 Å². The number of rotatable bonds is 10. The van der Waals surface area contributed by atoms with E-state index >= 15 is 0 Å². The lowest BCUT2D eigenvalue weighted by Gasteiger charge is -2.35. The lowest BCUT2D eigenvalue weighted by Crippen LogP contribution is -2.42. The van der Waals surface area contributed by atoms with Crippen molar-refractivity contribution in [2.75, 3.05) is 11.9 Å². The van der Waals surface area contributed by atoms with Gasteiger partial charge in [-0.25, -0.2) is 0 Å². The Morgan fingerprint density at radius 1 is 0.951 bits per heavy atom. The van der Waals surface area contributed by atoms with Crippen molar-refractivity contribution in [3.05, 3.63) is 120 Å². The molecule has 1 aromatic heterocycles. The number of carbonyl (C=O) groups excluding carboxylic acids is 3. The fourth-order valence-electron chi connectivity index (χ4n) is 5.49. The number of hydrogen-bond acceptors (Lipinski definition) is 4. The molecule has 6 heteroatoms. The highest BCUT2D eigenvalue weighted by Crippen LogP contribution is 2.31. The van der Waals surface area contributed by atoms with Crippen molar-refractivity contribution < 1.29 is 14.4 Å². The number of fused-ring (bicyclic) bond motifs is 1. The summed E-state index contributed by atoms with van der Waals surface area (Å²) in [5, 5.41) is 5.10. The van der Waals surface area contributed by atoms with Gasteiger partial charge < -0.3 is 10.2 Å². The van der Waals surface area contributed by atoms with Gasteiger partial charge in [0.1, 0.15) is 0 Å². The van der Waals surface area contributed by atoms with Gasteiger partial charge in [-0.1, -0.05) is 79.7 Å². The predicted molar refractivity (Wildman–Crippen MR) is 163 cm³/mol. The Hall–Kier alpha value is -4.58. The average Bonchev–Trinajstić information content (AvgIpc) is 3.01. The van der Waals surface area contributed by atoms with Gasteiger partial charge in [-0.3, -0.25) is 19.4 Å². The zero-order chi connectivity index (χ0) is 28.6. The quantitative estimate of drug-likeness (QED) is 0.173. The summed E-state index contributed by atoms with van der Waals surface area (Å²) in [6, 6.07) is 25.1. The van der Waals surface area contributed by atoms with E-state index in [2.05, 4.69) is 40.6 Å². The maximum Gasteiger partial charge on any atom is 0.227 e. The molecule has 2 heterocycles. The first-order chi connectivity index (χ1) is 20.0. The van der Waals surface area contributed by atoms with E-state index in [1.165, 1.54) is 0 Å². The molecule has 0 bridgehead atoms. The maximum absolute atomic E-state index is 14.3. The zero-order valence-electron chi connectivity index (χ0n) is 23.3. The van der Waals surface area contributed by atoms with Gasteiger partial charge in [0.2, 0.25) is 11.8 Å². The topological polar surface area (TPSA) is 79.4 Å². The third kappa shape index (κ3) is 6.95. The van der Waals surface area contributed by atoms with Crippen LogP contribution in [0.15, 0.2) is 103 Å². The fraction of sp³-hybridized carbons (Fsp3) is 0.257. The largest absolute Gasteiger partial charge is 0.331 e. The number of aromatic nitrogens is 1. The first kappa shape index (κ1) is 28.0. The van der Waals surface area contributed by atoms with Crippen LogP contribution in [-0.4, -0.2) is 34.0 Å². The Kier molecular flexibility index (Phi) is 8.99. The molecule has 0 saturated carbocycles. The Morgan fingerprint density at radius 3 is 2.61 bits per heavy atom. The molecule has 0 radical (unpaired) electrons. The number of Topliss-reactive ketones (excluding diaryl/α,β-unsaturated/α-hetero) is 1. The van der Waals surface area contributed by atoms with Gasteiger partial charge in [0.25, 0.3) is 0 Å². The minimum Gasteiger partial charge on any atom is -0.331 e. The first-order valence-corrected chi connectivity index (χ1v) is 14.3. The van der Waals surface area contributed by atoms with Gasteiger partial charge in [-0.15, -0.1) is 0 Å². The molecule has 2 atom stereocenters. The van der Waals surface area contributed by atoms with Crippen molar-refractivity contribution in [3.8, 4) is 0 Å². The smallest absolute Gasteiger partial charge is 0.227 e. The molecule has 208 valence electrons. The number of ketones is 1. The molecule has 1 N–H and O–H groups in total. The van der Waals surface area contributed by atoms with Gasteiger partial charge in [-0.05, 0) is 59.4 Å². The van der Waals surface area contributed by atoms with Crippen LogP contribution in [0, 0.1) is 5.92 Å². The molecule has 5 rings (SSSR count). The lowest BCUT2D eigenvalue weighted by molar-refractivity contribution is -0.137. The van der Waals surface area contributed by atoms with Crippen molar-refractivity contribution in [2.24, 2.45) is 5.92 Å². The number of nitrogens with one attached hydrogen (secondary N) is 1. The molecular weight excluding hydrogens is 510 g/mol. The third-order valence-corrected chi connectivity index (χ3v) is 7.58. The average molecular weight is 546 g/mol. The van der Waals surface area contributed by atoms with E-state index in [9.17, 15) is 14.4 Å². The lowest BCUT2D eigenvalue weighted by atomic mass is 9.88. The summed E-state index contributed by atoms with van der Waals surface area (Å²) in [5.74, 6) is -0.799. The Morgan fingerprint density at radius 2 is 1.80 bits per heavy atom. The summed E-state index contributed by atoms with van der Waals surface area (Å²) in [6.07, 6.45) is 10.0. The number of hydrogen-bond donors (Lipinski definition) is 1. The Labute approximate surface area is 241 Å². The van der Waals surface area contributed by atoms with Gasteiger partial charge in [-0.2, -0.15) is 0 Å². The molecule has 0 spiro atoms. The van der Waals surface area contributed by atoms with Crippen molar-refractivity contribution in [2.45, 2.75) is 45.1 Å². The summed E-state index contributed by atoms with van der Waals surface area (Å²) in [6.45, 7) is 2.43. The number of carbonyl (C=O) groups is 3. The van der Waals surface area contributed by atoms with Gasteiger partial charge in [0, 0.05) is 48.9 Å². The SMILES string of the molecule is CCCC(=O)Nc1cccc(C(=O)C[C@@H](Cc2ccc3ccccc3c2)C(=O)N2CC=CCC2c2cccnc2)c1. The fourth-order valence-corrected chi connectivity index (χ4v) is 5.49.